The van der Waals surface area contributed by atoms with Gasteiger partial charge in [-0.3, -0.25) is 19.5 Å². The number of aryl methyl sites for hydroxylation is 2. The molecule has 1 aliphatic rings. The maximum atomic E-state index is 15.0. The number of aliphatic hydroxyl groups excluding tert-OH is 1. The number of amides is 2. The van der Waals surface area contributed by atoms with E-state index in [-0.39, 0.29) is 40.3 Å². The van der Waals surface area contributed by atoms with Crippen LogP contribution in [-0.2, 0) is 9.59 Å². The zero-order chi connectivity index (χ0) is 29.4. The number of aromatic nitrogens is 1. The van der Waals surface area contributed by atoms with Crippen LogP contribution in [0.5, 0.6) is 0 Å². The summed E-state index contributed by atoms with van der Waals surface area (Å²) >= 11 is 6.74. The summed E-state index contributed by atoms with van der Waals surface area (Å²) in [4.78, 5) is 36.5. The van der Waals surface area contributed by atoms with Crippen LogP contribution in [0.25, 0.3) is 5.57 Å². The van der Waals surface area contributed by atoms with E-state index in [1.807, 2.05) is 43.9 Å². The molecule has 1 heterocycles. The van der Waals surface area contributed by atoms with E-state index in [2.05, 4.69) is 16.9 Å². The van der Waals surface area contributed by atoms with Crippen molar-refractivity contribution in [3.8, 4) is 0 Å². The molecule has 1 aromatic carbocycles. The first-order valence-corrected chi connectivity index (χ1v) is 13.4. The SMILES string of the molecule is C=CCCN(C(=NC)c1cc(Cl)c(C2=C(O)CCC=C2F)nc1N(C=O)c1c(C)cccc1C)C(C)CNC=O. The van der Waals surface area contributed by atoms with Crippen molar-refractivity contribution in [2.45, 2.75) is 46.1 Å². The highest BCUT2D eigenvalue weighted by molar-refractivity contribution is 6.33. The van der Waals surface area contributed by atoms with Crippen LogP contribution in [0.15, 0.2) is 59.6 Å². The van der Waals surface area contributed by atoms with Crippen LogP contribution in [0.1, 0.15) is 48.6 Å². The van der Waals surface area contributed by atoms with Gasteiger partial charge in [-0.2, -0.15) is 0 Å². The lowest BCUT2D eigenvalue weighted by Crippen LogP contribution is -2.45. The largest absolute Gasteiger partial charge is 0.511 e. The van der Waals surface area contributed by atoms with Gasteiger partial charge < -0.3 is 15.3 Å². The number of hydrogen-bond donors (Lipinski definition) is 2. The van der Waals surface area contributed by atoms with Crippen LogP contribution < -0.4 is 10.2 Å². The van der Waals surface area contributed by atoms with E-state index >= 15 is 4.39 Å². The number of benzene rings is 1. The number of para-hydroxylation sites is 1. The maximum Gasteiger partial charge on any atom is 0.219 e. The zero-order valence-corrected chi connectivity index (χ0v) is 24.0. The molecular weight excluding hydrogens is 533 g/mol. The fraction of sp³-hybridized carbons (Fsp3) is 0.333. The fourth-order valence-electron chi connectivity index (χ4n) is 4.85. The molecule has 0 bridgehead atoms. The van der Waals surface area contributed by atoms with E-state index in [0.717, 1.165) is 11.1 Å². The van der Waals surface area contributed by atoms with E-state index in [4.69, 9.17) is 16.6 Å². The standard InChI is InChI=1S/C30H35ClFN5O3/c1-6-7-14-36(21(4)16-34-17-38)29(33-5)22-15-23(31)27(26-24(32)12-9-13-25(26)40)35-30(22)37(18-39)28-19(2)10-8-11-20(28)3/h6,8,10-12,15,17-18,21,40H,1,7,9,13-14,16H2,2-5H3,(H,34,38). The Balaban J connectivity index is 2.36. The minimum atomic E-state index is -0.632. The third kappa shape index (κ3) is 6.42. The number of pyridine rings is 1. The Labute approximate surface area is 239 Å². The predicted octanol–water partition coefficient (Wildman–Crippen LogP) is 5.95. The number of anilines is 2. The number of nitrogens with zero attached hydrogens (tertiary/aromatic N) is 4. The molecule has 0 fully saturated rings. The molecular formula is C30H35ClFN5O3. The van der Waals surface area contributed by atoms with Gasteiger partial charge in [-0.1, -0.05) is 35.9 Å². The molecule has 0 saturated heterocycles. The number of rotatable bonds is 12. The minimum absolute atomic E-state index is 0.0215. The van der Waals surface area contributed by atoms with Gasteiger partial charge in [0.2, 0.25) is 12.8 Å². The summed E-state index contributed by atoms with van der Waals surface area (Å²) in [5.74, 6) is -0.158. The van der Waals surface area contributed by atoms with Gasteiger partial charge in [0, 0.05) is 32.6 Å². The molecule has 3 rings (SSSR count). The van der Waals surface area contributed by atoms with Gasteiger partial charge in [-0.25, -0.2) is 9.37 Å². The van der Waals surface area contributed by atoms with Gasteiger partial charge in [0.25, 0.3) is 0 Å². The van der Waals surface area contributed by atoms with Gasteiger partial charge in [0.1, 0.15) is 17.4 Å². The summed E-state index contributed by atoms with van der Waals surface area (Å²) in [6, 6.07) is 7.04. The minimum Gasteiger partial charge on any atom is -0.511 e. The van der Waals surface area contributed by atoms with Gasteiger partial charge in [0.15, 0.2) is 5.82 Å². The number of hydrogen-bond acceptors (Lipinski definition) is 5. The number of nitrogens with one attached hydrogen (secondary N) is 1. The van der Waals surface area contributed by atoms with Crippen molar-refractivity contribution in [3.63, 3.8) is 0 Å². The Bertz CT molecular complexity index is 1350. The highest BCUT2D eigenvalue weighted by Gasteiger charge is 2.30. The number of aliphatic imine (C=N–C) groups is 1. The molecule has 40 heavy (non-hydrogen) atoms. The lowest BCUT2D eigenvalue weighted by Gasteiger charge is -2.34. The molecule has 10 heteroatoms. The Morgan fingerprint density at radius 2 is 2.02 bits per heavy atom. The molecule has 0 spiro atoms. The van der Waals surface area contributed by atoms with Crippen LogP contribution in [0.4, 0.5) is 15.9 Å². The molecule has 2 amide bonds. The zero-order valence-electron chi connectivity index (χ0n) is 23.2. The molecule has 8 nitrogen and oxygen atoms in total. The number of amidine groups is 1. The Morgan fingerprint density at radius 1 is 1.32 bits per heavy atom. The second kappa shape index (κ2) is 13.9. The second-order valence-corrected chi connectivity index (χ2v) is 9.92. The van der Waals surface area contributed by atoms with Gasteiger partial charge in [-0.15, -0.1) is 6.58 Å². The first-order chi connectivity index (χ1) is 19.2. The smallest absolute Gasteiger partial charge is 0.219 e. The van der Waals surface area contributed by atoms with Crippen molar-refractivity contribution in [2.24, 2.45) is 4.99 Å². The number of aliphatic hydroxyl groups is 1. The summed E-state index contributed by atoms with van der Waals surface area (Å²) in [7, 11) is 1.61. The molecule has 1 unspecified atom stereocenters. The van der Waals surface area contributed by atoms with E-state index in [0.29, 0.717) is 55.8 Å². The van der Waals surface area contributed by atoms with E-state index in [1.54, 1.807) is 19.2 Å². The maximum absolute atomic E-state index is 15.0. The molecule has 1 aromatic heterocycles. The molecule has 0 aliphatic heterocycles. The number of carbonyl (C=O) groups is 2. The Hall–Kier alpha value is -3.98. The van der Waals surface area contributed by atoms with E-state index < -0.39 is 5.83 Å². The average Bonchev–Trinajstić information content (AvgIpc) is 2.92. The quantitative estimate of drug-likeness (QED) is 0.143. The number of halogens is 2. The van der Waals surface area contributed by atoms with E-state index in [9.17, 15) is 14.7 Å². The summed E-state index contributed by atoms with van der Waals surface area (Å²) in [5.41, 5.74) is 2.61. The molecule has 0 radical (unpaired) electrons. The second-order valence-electron chi connectivity index (χ2n) is 9.51. The number of allylic oxidation sites excluding steroid dienone is 4. The Morgan fingerprint density at radius 3 is 2.60 bits per heavy atom. The van der Waals surface area contributed by atoms with Gasteiger partial charge in [-0.05, 0) is 56.9 Å². The van der Waals surface area contributed by atoms with Gasteiger partial charge >= 0.3 is 0 Å². The molecule has 2 N–H and O–H groups in total. The molecule has 0 saturated carbocycles. The van der Waals surface area contributed by atoms with Crippen LogP contribution in [0.2, 0.25) is 5.02 Å². The summed E-state index contributed by atoms with van der Waals surface area (Å²) in [5, 5.41) is 13.4. The lowest BCUT2D eigenvalue weighted by atomic mass is 9.99. The lowest BCUT2D eigenvalue weighted by molar-refractivity contribution is -0.109. The fourth-order valence-corrected chi connectivity index (χ4v) is 5.09. The van der Waals surface area contributed by atoms with Crippen molar-refractivity contribution in [3.05, 3.63) is 82.0 Å². The van der Waals surface area contributed by atoms with Crippen molar-refractivity contribution in [1.82, 2.24) is 15.2 Å². The highest BCUT2D eigenvalue weighted by Crippen LogP contribution is 2.40. The molecule has 1 aliphatic carbocycles. The average molecular weight is 568 g/mol. The molecule has 212 valence electrons. The topological polar surface area (TPSA) is 98.1 Å². The van der Waals surface area contributed by atoms with Crippen molar-refractivity contribution in [1.29, 1.82) is 0 Å². The third-order valence-corrected chi connectivity index (χ3v) is 7.05. The Kier molecular flexibility index (Phi) is 10.6. The highest BCUT2D eigenvalue weighted by atomic mass is 35.5. The van der Waals surface area contributed by atoms with Crippen LogP contribution in [0, 0.1) is 13.8 Å². The number of carbonyl (C=O) groups excluding carboxylic acids is 2. The van der Waals surface area contributed by atoms with Crippen molar-refractivity contribution >= 4 is 47.3 Å². The first kappa shape index (κ1) is 30.6. The summed E-state index contributed by atoms with van der Waals surface area (Å²) < 4.78 is 15.0. The third-order valence-electron chi connectivity index (χ3n) is 6.77. The van der Waals surface area contributed by atoms with Crippen molar-refractivity contribution < 1.29 is 19.1 Å². The molecule has 1 atom stereocenters. The summed E-state index contributed by atoms with van der Waals surface area (Å²) in [6.07, 6.45) is 5.64. The van der Waals surface area contributed by atoms with Crippen LogP contribution >= 0.6 is 11.6 Å². The van der Waals surface area contributed by atoms with Crippen LogP contribution in [-0.4, -0.2) is 59.8 Å². The first-order valence-electron chi connectivity index (χ1n) is 13.0. The van der Waals surface area contributed by atoms with Gasteiger partial charge in [0.05, 0.1) is 27.5 Å². The normalized spacial score (nSPS) is 14.3. The van der Waals surface area contributed by atoms with Crippen LogP contribution in [0.3, 0.4) is 0 Å². The summed E-state index contributed by atoms with van der Waals surface area (Å²) in [6.45, 7) is 10.4. The monoisotopic (exact) mass is 567 g/mol. The van der Waals surface area contributed by atoms with Crippen molar-refractivity contribution in [2.75, 3.05) is 25.0 Å². The predicted molar refractivity (Wildman–Crippen MR) is 159 cm³/mol. The van der Waals surface area contributed by atoms with E-state index in [1.165, 1.54) is 11.0 Å². The molecule has 2 aromatic rings.